The number of hydrogen-bond acceptors (Lipinski definition) is 3. The van der Waals surface area contributed by atoms with Gasteiger partial charge in [0.05, 0.1) is 13.2 Å². The van der Waals surface area contributed by atoms with Crippen LogP contribution in [-0.4, -0.2) is 30.2 Å². The molecule has 1 aromatic carbocycles. The van der Waals surface area contributed by atoms with E-state index in [1.54, 1.807) is 24.2 Å². The number of carbonyl (C=O) groups excluding carboxylic acids is 1. The van der Waals surface area contributed by atoms with Gasteiger partial charge in [0.1, 0.15) is 5.75 Å². The van der Waals surface area contributed by atoms with Gasteiger partial charge in [0.15, 0.2) is 6.23 Å². The Morgan fingerprint density at radius 2 is 1.95 bits per heavy atom. The molecular weight excluding hydrogens is 242 g/mol. The summed E-state index contributed by atoms with van der Waals surface area (Å²) in [7, 11) is 1.63. The standard InChI is InChI=1S/C15H19NO3/c1-11(2)19-15-9-8-14(17)16(15)10-12-4-6-13(18-3)7-5-12/h4-9,11,15H,10H2,1-3H3/t15-/m1/s1. The normalized spacial score (nSPS) is 18.4. The van der Waals surface area contributed by atoms with Crippen molar-refractivity contribution in [3.05, 3.63) is 42.0 Å². The molecule has 0 spiro atoms. The van der Waals surface area contributed by atoms with E-state index in [0.29, 0.717) is 6.54 Å². The van der Waals surface area contributed by atoms with Crippen LogP contribution in [0.5, 0.6) is 5.75 Å². The lowest BCUT2D eigenvalue weighted by Crippen LogP contribution is -2.36. The first-order chi connectivity index (χ1) is 9.10. The lowest BCUT2D eigenvalue weighted by atomic mass is 10.2. The van der Waals surface area contributed by atoms with Crippen LogP contribution >= 0.6 is 0 Å². The molecule has 1 aliphatic heterocycles. The van der Waals surface area contributed by atoms with Gasteiger partial charge in [0.2, 0.25) is 5.91 Å². The molecule has 4 nitrogen and oxygen atoms in total. The van der Waals surface area contributed by atoms with Gasteiger partial charge in [-0.25, -0.2) is 0 Å². The maximum absolute atomic E-state index is 11.8. The lowest BCUT2D eigenvalue weighted by molar-refractivity contribution is -0.137. The topological polar surface area (TPSA) is 38.8 Å². The summed E-state index contributed by atoms with van der Waals surface area (Å²) >= 11 is 0. The van der Waals surface area contributed by atoms with Gasteiger partial charge in [0, 0.05) is 12.6 Å². The van der Waals surface area contributed by atoms with Gasteiger partial charge >= 0.3 is 0 Å². The Labute approximate surface area is 113 Å². The van der Waals surface area contributed by atoms with Crippen molar-refractivity contribution < 1.29 is 14.3 Å². The maximum Gasteiger partial charge on any atom is 0.248 e. The second-order valence-corrected chi connectivity index (χ2v) is 4.75. The predicted molar refractivity (Wildman–Crippen MR) is 72.7 cm³/mol. The Morgan fingerprint density at radius 1 is 1.26 bits per heavy atom. The number of nitrogens with zero attached hydrogens (tertiary/aromatic N) is 1. The Kier molecular flexibility index (Phi) is 4.22. The average molecular weight is 261 g/mol. The summed E-state index contributed by atoms with van der Waals surface area (Å²) in [4.78, 5) is 13.5. The number of methoxy groups -OCH3 is 1. The Morgan fingerprint density at radius 3 is 2.53 bits per heavy atom. The molecule has 0 aromatic heterocycles. The van der Waals surface area contributed by atoms with Crippen molar-refractivity contribution in [3.8, 4) is 5.75 Å². The van der Waals surface area contributed by atoms with Crippen molar-refractivity contribution in [3.63, 3.8) is 0 Å². The smallest absolute Gasteiger partial charge is 0.248 e. The minimum Gasteiger partial charge on any atom is -0.497 e. The van der Waals surface area contributed by atoms with E-state index in [-0.39, 0.29) is 18.2 Å². The van der Waals surface area contributed by atoms with E-state index in [1.165, 1.54) is 0 Å². The molecule has 0 unspecified atom stereocenters. The first-order valence-electron chi connectivity index (χ1n) is 6.37. The van der Waals surface area contributed by atoms with Crippen LogP contribution in [0.3, 0.4) is 0 Å². The molecule has 1 aliphatic rings. The highest BCUT2D eigenvalue weighted by molar-refractivity contribution is 5.90. The molecule has 0 saturated carbocycles. The SMILES string of the molecule is COc1ccc(CN2C(=O)C=C[C@H]2OC(C)C)cc1. The number of rotatable bonds is 5. The summed E-state index contributed by atoms with van der Waals surface area (Å²) in [6.07, 6.45) is 3.18. The third-order valence-corrected chi connectivity index (χ3v) is 2.92. The van der Waals surface area contributed by atoms with E-state index in [2.05, 4.69) is 0 Å². The molecule has 1 heterocycles. The fourth-order valence-corrected chi connectivity index (χ4v) is 1.98. The molecule has 0 saturated heterocycles. The van der Waals surface area contributed by atoms with Crippen LogP contribution in [0.15, 0.2) is 36.4 Å². The van der Waals surface area contributed by atoms with E-state index in [4.69, 9.17) is 9.47 Å². The van der Waals surface area contributed by atoms with Crippen LogP contribution in [0.25, 0.3) is 0 Å². The van der Waals surface area contributed by atoms with Crippen molar-refractivity contribution in [2.75, 3.05) is 7.11 Å². The number of carbonyl (C=O) groups is 1. The molecule has 0 fully saturated rings. The second kappa shape index (κ2) is 5.89. The summed E-state index contributed by atoms with van der Waals surface area (Å²) in [5.41, 5.74) is 1.05. The fraction of sp³-hybridized carbons (Fsp3) is 0.400. The quantitative estimate of drug-likeness (QED) is 0.816. The van der Waals surface area contributed by atoms with Gasteiger partial charge in [-0.1, -0.05) is 12.1 Å². The molecule has 4 heteroatoms. The van der Waals surface area contributed by atoms with E-state index in [0.717, 1.165) is 11.3 Å². The second-order valence-electron chi connectivity index (χ2n) is 4.75. The van der Waals surface area contributed by atoms with Crippen molar-refractivity contribution in [1.29, 1.82) is 0 Å². The number of amides is 1. The van der Waals surface area contributed by atoms with Gasteiger partial charge in [0.25, 0.3) is 0 Å². The van der Waals surface area contributed by atoms with Gasteiger partial charge in [-0.15, -0.1) is 0 Å². The van der Waals surface area contributed by atoms with E-state index in [9.17, 15) is 4.79 Å². The van der Waals surface area contributed by atoms with Crippen molar-refractivity contribution >= 4 is 5.91 Å². The summed E-state index contributed by atoms with van der Waals surface area (Å²) in [5.74, 6) is 0.797. The number of ether oxygens (including phenoxy) is 2. The lowest BCUT2D eigenvalue weighted by Gasteiger charge is -2.26. The minimum atomic E-state index is -0.269. The van der Waals surface area contributed by atoms with Crippen molar-refractivity contribution in [2.24, 2.45) is 0 Å². The fourth-order valence-electron chi connectivity index (χ4n) is 1.98. The first-order valence-corrected chi connectivity index (χ1v) is 6.37. The van der Waals surface area contributed by atoms with Gasteiger partial charge in [-0.3, -0.25) is 4.79 Å². The molecule has 1 atom stereocenters. The average Bonchev–Trinajstić information content (AvgIpc) is 2.72. The van der Waals surface area contributed by atoms with E-state index in [1.807, 2.05) is 38.1 Å². The zero-order chi connectivity index (χ0) is 13.8. The molecule has 0 aliphatic carbocycles. The Hall–Kier alpha value is -1.81. The molecule has 1 aromatic rings. The maximum atomic E-state index is 11.8. The summed E-state index contributed by atoms with van der Waals surface area (Å²) < 4.78 is 10.8. The molecule has 0 N–H and O–H groups in total. The Balaban J connectivity index is 2.05. The van der Waals surface area contributed by atoms with Crippen molar-refractivity contribution in [1.82, 2.24) is 4.90 Å². The molecular formula is C15H19NO3. The van der Waals surface area contributed by atoms with Crippen LogP contribution in [-0.2, 0) is 16.1 Å². The van der Waals surface area contributed by atoms with Crippen molar-refractivity contribution in [2.45, 2.75) is 32.7 Å². The summed E-state index contributed by atoms with van der Waals surface area (Å²) in [5, 5.41) is 0. The minimum absolute atomic E-state index is 0.0125. The largest absolute Gasteiger partial charge is 0.497 e. The molecule has 19 heavy (non-hydrogen) atoms. The monoisotopic (exact) mass is 261 g/mol. The molecule has 0 radical (unpaired) electrons. The van der Waals surface area contributed by atoms with Gasteiger partial charge in [-0.05, 0) is 37.6 Å². The third-order valence-electron chi connectivity index (χ3n) is 2.92. The molecule has 2 rings (SSSR count). The van der Waals surface area contributed by atoms with E-state index < -0.39 is 0 Å². The summed E-state index contributed by atoms with van der Waals surface area (Å²) in [6, 6.07) is 7.69. The van der Waals surface area contributed by atoms with Crippen LogP contribution in [0.1, 0.15) is 19.4 Å². The predicted octanol–water partition coefficient (Wildman–Crippen LogP) is 2.34. The Bertz CT molecular complexity index is 465. The van der Waals surface area contributed by atoms with Crippen LogP contribution in [0, 0.1) is 0 Å². The van der Waals surface area contributed by atoms with Gasteiger partial charge in [-0.2, -0.15) is 0 Å². The molecule has 0 bridgehead atoms. The zero-order valence-corrected chi connectivity index (χ0v) is 11.5. The molecule has 102 valence electrons. The summed E-state index contributed by atoms with van der Waals surface area (Å²) in [6.45, 7) is 4.46. The van der Waals surface area contributed by atoms with Gasteiger partial charge < -0.3 is 14.4 Å². The number of hydrogen-bond donors (Lipinski definition) is 0. The highest BCUT2D eigenvalue weighted by atomic mass is 16.5. The first kappa shape index (κ1) is 13.6. The highest BCUT2D eigenvalue weighted by Gasteiger charge is 2.27. The van der Waals surface area contributed by atoms with Crippen LogP contribution in [0.4, 0.5) is 0 Å². The van der Waals surface area contributed by atoms with E-state index >= 15 is 0 Å². The number of benzene rings is 1. The zero-order valence-electron chi connectivity index (χ0n) is 11.5. The van der Waals surface area contributed by atoms with Crippen LogP contribution in [0.2, 0.25) is 0 Å². The van der Waals surface area contributed by atoms with Crippen LogP contribution < -0.4 is 4.74 Å². The highest BCUT2D eigenvalue weighted by Crippen LogP contribution is 2.19. The molecule has 1 amide bonds. The third kappa shape index (κ3) is 3.35.